The molecule has 0 spiro atoms. The van der Waals surface area contributed by atoms with Crippen LogP contribution in [-0.2, 0) is 20.8 Å². The summed E-state index contributed by atoms with van der Waals surface area (Å²) in [6.07, 6.45) is -0.179. The molecular formula is C12H12N2O4. The van der Waals surface area contributed by atoms with Gasteiger partial charge >= 0.3 is 5.97 Å². The van der Waals surface area contributed by atoms with Crippen molar-refractivity contribution in [1.82, 2.24) is 5.32 Å². The van der Waals surface area contributed by atoms with Crippen LogP contribution in [0.4, 0.5) is 5.69 Å². The number of carbonyl (C=O) groups excluding carboxylic acids is 2. The van der Waals surface area contributed by atoms with Crippen molar-refractivity contribution in [3.05, 3.63) is 29.8 Å². The maximum atomic E-state index is 11.7. The molecule has 0 radical (unpaired) electrons. The Labute approximate surface area is 103 Å². The minimum atomic E-state index is -0.976. The summed E-state index contributed by atoms with van der Waals surface area (Å²) in [5.41, 5.74) is 1.01. The highest BCUT2D eigenvalue weighted by Gasteiger charge is 2.26. The summed E-state index contributed by atoms with van der Waals surface area (Å²) in [6.45, 7) is -0.129. The molecule has 1 aromatic rings. The molecule has 94 valence electrons. The van der Waals surface area contributed by atoms with Gasteiger partial charge in [-0.1, -0.05) is 18.2 Å². The number of hydrogen-bond donors (Lipinski definition) is 2. The van der Waals surface area contributed by atoms with E-state index in [1.165, 1.54) is 4.90 Å². The highest BCUT2D eigenvalue weighted by molar-refractivity contribution is 6.05. The molecule has 18 heavy (non-hydrogen) atoms. The molecule has 0 aliphatic carbocycles. The first-order valence-corrected chi connectivity index (χ1v) is 5.44. The van der Waals surface area contributed by atoms with E-state index in [2.05, 4.69) is 5.32 Å². The Kier molecular flexibility index (Phi) is 3.27. The Morgan fingerprint density at radius 3 is 2.78 bits per heavy atom. The smallest absolute Gasteiger partial charge is 0.307 e. The Morgan fingerprint density at radius 1 is 1.33 bits per heavy atom. The predicted molar refractivity (Wildman–Crippen MR) is 63.1 cm³/mol. The highest BCUT2D eigenvalue weighted by Crippen LogP contribution is 2.22. The quantitative estimate of drug-likeness (QED) is 0.774. The molecular weight excluding hydrogens is 236 g/mol. The summed E-state index contributed by atoms with van der Waals surface area (Å²) in [5, 5.41) is 11.3. The number of para-hydroxylation sites is 1. The van der Waals surface area contributed by atoms with Crippen molar-refractivity contribution < 1.29 is 19.5 Å². The fraction of sp³-hybridized carbons (Fsp3) is 0.250. The number of carbonyl (C=O) groups is 3. The molecule has 0 bridgehead atoms. The second-order valence-electron chi connectivity index (χ2n) is 3.96. The zero-order valence-corrected chi connectivity index (χ0v) is 9.55. The molecule has 1 aromatic carbocycles. The summed E-state index contributed by atoms with van der Waals surface area (Å²) < 4.78 is 0. The number of carboxylic acids is 1. The third-order valence-corrected chi connectivity index (χ3v) is 2.66. The number of benzene rings is 1. The van der Waals surface area contributed by atoms with Gasteiger partial charge in [-0.3, -0.25) is 14.4 Å². The van der Waals surface area contributed by atoms with Gasteiger partial charge in [0.15, 0.2) is 0 Å². The molecule has 1 saturated heterocycles. The lowest BCUT2D eigenvalue weighted by Crippen LogP contribution is -2.52. The molecule has 2 rings (SSSR count). The number of anilines is 1. The maximum Gasteiger partial charge on any atom is 0.307 e. The van der Waals surface area contributed by atoms with Crippen LogP contribution in [0.15, 0.2) is 24.3 Å². The van der Waals surface area contributed by atoms with E-state index in [1.54, 1.807) is 24.3 Å². The molecule has 1 aliphatic heterocycles. The number of hydrogen-bond acceptors (Lipinski definition) is 3. The first-order chi connectivity index (χ1) is 8.58. The van der Waals surface area contributed by atoms with Crippen LogP contribution in [0, 0.1) is 0 Å². The van der Waals surface area contributed by atoms with Gasteiger partial charge in [0.05, 0.1) is 13.0 Å². The largest absolute Gasteiger partial charge is 0.481 e. The Hall–Kier alpha value is -2.37. The molecule has 2 N–H and O–H groups in total. The third-order valence-electron chi connectivity index (χ3n) is 2.66. The number of amides is 2. The first kappa shape index (κ1) is 12.1. The first-order valence-electron chi connectivity index (χ1n) is 5.44. The number of aliphatic carboxylic acids is 1. The highest BCUT2D eigenvalue weighted by atomic mass is 16.4. The molecule has 1 heterocycles. The molecule has 1 aliphatic rings. The van der Waals surface area contributed by atoms with Crippen molar-refractivity contribution in [3.63, 3.8) is 0 Å². The van der Waals surface area contributed by atoms with E-state index >= 15 is 0 Å². The Bertz CT molecular complexity index is 513. The number of nitrogens with one attached hydrogen (secondary N) is 1. The summed E-state index contributed by atoms with van der Waals surface area (Å²) in [6, 6.07) is 6.70. The summed E-state index contributed by atoms with van der Waals surface area (Å²) >= 11 is 0. The Balaban J connectivity index is 2.34. The van der Waals surface area contributed by atoms with Crippen LogP contribution >= 0.6 is 0 Å². The molecule has 1 fully saturated rings. The van der Waals surface area contributed by atoms with Crippen molar-refractivity contribution in [2.45, 2.75) is 6.42 Å². The van der Waals surface area contributed by atoms with Crippen LogP contribution in [0.1, 0.15) is 5.56 Å². The average molecular weight is 248 g/mol. The van der Waals surface area contributed by atoms with Gasteiger partial charge in [-0.25, -0.2) is 0 Å². The monoisotopic (exact) mass is 248 g/mol. The second-order valence-corrected chi connectivity index (χ2v) is 3.96. The van der Waals surface area contributed by atoms with Gasteiger partial charge < -0.3 is 15.3 Å². The predicted octanol–water partition coefficient (Wildman–Crippen LogP) is -0.223. The standard InChI is InChI=1S/C12H12N2O4/c15-10-7-14(11(16)6-13-10)9-4-2-1-3-8(9)5-12(17)18/h1-4H,5-7H2,(H,13,15)(H,17,18). The van der Waals surface area contributed by atoms with E-state index in [4.69, 9.17) is 5.11 Å². The molecule has 0 saturated carbocycles. The van der Waals surface area contributed by atoms with Gasteiger partial charge in [0.1, 0.15) is 6.54 Å². The summed E-state index contributed by atoms with van der Waals surface area (Å²) in [5.74, 6) is -1.47. The number of rotatable bonds is 3. The minimum absolute atomic E-state index is 0.0553. The van der Waals surface area contributed by atoms with Crippen molar-refractivity contribution in [2.24, 2.45) is 0 Å². The van der Waals surface area contributed by atoms with Crippen LogP contribution in [0.3, 0.4) is 0 Å². The van der Waals surface area contributed by atoms with Crippen LogP contribution in [0.2, 0.25) is 0 Å². The normalized spacial score (nSPS) is 15.4. The lowest BCUT2D eigenvalue weighted by molar-refractivity contribution is -0.136. The van der Waals surface area contributed by atoms with Crippen LogP contribution in [0.25, 0.3) is 0 Å². The van der Waals surface area contributed by atoms with E-state index in [1.807, 2.05) is 0 Å². The Morgan fingerprint density at radius 2 is 2.06 bits per heavy atom. The lowest BCUT2D eigenvalue weighted by Gasteiger charge is -2.28. The van der Waals surface area contributed by atoms with E-state index in [9.17, 15) is 14.4 Å². The average Bonchev–Trinajstić information content (AvgIpc) is 2.32. The topological polar surface area (TPSA) is 86.7 Å². The minimum Gasteiger partial charge on any atom is -0.481 e. The summed E-state index contributed by atoms with van der Waals surface area (Å²) in [7, 11) is 0. The van der Waals surface area contributed by atoms with Crippen molar-refractivity contribution in [1.29, 1.82) is 0 Å². The second kappa shape index (κ2) is 4.87. The van der Waals surface area contributed by atoms with Gasteiger partial charge in [-0.2, -0.15) is 0 Å². The van der Waals surface area contributed by atoms with Crippen molar-refractivity contribution in [2.75, 3.05) is 18.0 Å². The van der Waals surface area contributed by atoms with Gasteiger partial charge in [-0.15, -0.1) is 0 Å². The van der Waals surface area contributed by atoms with E-state index in [0.717, 1.165) is 0 Å². The summed E-state index contributed by atoms with van der Waals surface area (Å²) in [4.78, 5) is 35.1. The molecule has 6 nitrogen and oxygen atoms in total. The van der Waals surface area contributed by atoms with Gasteiger partial charge in [0, 0.05) is 5.69 Å². The zero-order chi connectivity index (χ0) is 13.1. The third kappa shape index (κ3) is 2.48. The van der Waals surface area contributed by atoms with Gasteiger partial charge in [0.2, 0.25) is 11.8 Å². The maximum absolute atomic E-state index is 11.7. The van der Waals surface area contributed by atoms with Gasteiger partial charge in [0.25, 0.3) is 0 Å². The number of carboxylic acid groups (broad SMARTS) is 1. The molecule has 6 heteroatoms. The molecule has 0 aromatic heterocycles. The van der Waals surface area contributed by atoms with E-state index in [-0.39, 0.29) is 31.3 Å². The fourth-order valence-corrected chi connectivity index (χ4v) is 1.86. The van der Waals surface area contributed by atoms with Crippen LogP contribution in [-0.4, -0.2) is 36.0 Å². The number of nitrogens with zero attached hydrogens (tertiary/aromatic N) is 1. The molecule has 2 amide bonds. The van der Waals surface area contributed by atoms with Crippen LogP contribution in [0.5, 0.6) is 0 Å². The van der Waals surface area contributed by atoms with E-state index < -0.39 is 5.97 Å². The zero-order valence-electron chi connectivity index (χ0n) is 9.55. The SMILES string of the molecule is O=C(O)Cc1ccccc1N1CC(=O)NCC1=O. The number of piperazine rings is 1. The van der Waals surface area contributed by atoms with Gasteiger partial charge in [-0.05, 0) is 11.6 Å². The van der Waals surface area contributed by atoms with Crippen molar-refractivity contribution >= 4 is 23.5 Å². The molecule has 0 atom stereocenters. The van der Waals surface area contributed by atoms with Crippen molar-refractivity contribution in [3.8, 4) is 0 Å². The van der Waals surface area contributed by atoms with Crippen LogP contribution < -0.4 is 10.2 Å². The molecule has 0 unspecified atom stereocenters. The fourth-order valence-electron chi connectivity index (χ4n) is 1.86. The van der Waals surface area contributed by atoms with E-state index in [0.29, 0.717) is 11.3 Å². The lowest BCUT2D eigenvalue weighted by atomic mass is 10.1.